The van der Waals surface area contributed by atoms with Crippen LogP contribution in [0.1, 0.15) is 34.6 Å². The third kappa shape index (κ3) is 3.79. The number of aryl methyl sites for hydroxylation is 1. The van der Waals surface area contributed by atoms with Gasteiger partial charge in [0.2, 0.25) is 0 Å². The molecule has 0 radical (unpaired) electrons. The van der Waals surface area contributed by atoms with Crippen LogP contribution >= 0.6 is 0 Å². The van der Waals surface area contributed by atoms with E-state index in [9.17, 15) is 4.79 Å². The molecule has 0 spiro atoms. The fourth-order valence-corrected chi connectivity index (χ4v) is 2.96. The monoisotopic (exact) mass is 366 g/mol. The van der Waals surface area contributed by atoms with Gasteiger partial charge in [0.1, 0.15) is 28.5 Å². The standard InChI is InChI=1S/C21H22N2O4/c1-13(17-12-16(25-3)10-11-18(17)26-4)22-21(24)19-14(2)27-23-20(19)15-8-6-5-7-9-15/h5-13H,1-4H3,(H,22,24)/t13-/m0/s1. The Morgan fingerprint density at radius 2 is 1.85 bits per heavy atom. The number of aromatic nitrogens is 1. The lowest BCUT2D eigenvalue weighted by Crippen LogP contribution is -2.27. The van der Waals surface area contributed by atoms with E-state index in [1.54, 1.807) is 21.1 Å². The molecule has 0 saturated heterocycles. The van der Waals surface area contributed by atoms with Gasteiger partial charge in [-0.3, -0.25) is 4.79 Å². The van der Waals surface area contributed by atoms with Gasteiger partial charge < -0.3 is 19.3 Å². The quantitative estimate of drug-likeness (QED) is 0.709. The van der Waals surface area contributed by atoms with E-state index in [4.69, 9.17) is 14.0 Å². The maximum Gasteiger partial charge on any atom is 0.257 e. The number of amides is 1. The summed E-state index contributed by atoms with van der Waals surface area (Å²) in [5, 5.41) is 7.07. The van der Waals surface area contributed by atoms with Crippen LogP contribution < -0.4 is 14.8 Å². The Labute approximate surface area is 158 Å². The summed E-state index contributed by atoms with van der Waals surface area (Å²) in [6, 6.07) is 14.7. The summed E-state index contributed by atoms with van der Waals surface area (Å²) in [5.41, 5.74) is 2.59. The van der Waals surface area contributed by atoms with Crippen molar-refractivity contribution in [3.05, 3.63) is 65.4 Å². The number of carbonyl (C=O) groups excluding carboxylic acids is 1. The van der Waals surface area contributed by atoms with Crippen LogP contribution in [0.4, 0.5) is 0 Å². The number of benzene rings is 2. The topological polar surface area (TPSA) is 73.6 Å². The van der Waals surface area contributed by atoms with E-state index in [1.165, 1.54) is 0 Å². The largest absolute Gasteiger partial charge is 0.497 e. The summed E-state index contributed by atoms with van der Waals surface area (Å²) in [4.78, 5) is 13.0. The van der Waals surface area contributed by atoms with E-state index >= 15 is 0 Å². The van der Waals surface area contributed by atoms with Crippen LogP contribution in [0, 0.1) is 6.92 Å². The molecule has 3 aromatic rings. The lowest BCUT2D eigenvalue weighted by Gasteiger charge is -2.18. The van der Waals surface area contributed by atoms with Crippen molar-refractivity contribution in [2.24, 2.45) is 0 Å². The molecule has 0 aliphatic heterocycles. The van der Waals surface area contributed by atoms with Gasteiger partial charge in [-0.25, -0.2) is 0 Å². The van der Waals surface area contributed by atoms with Gasteiger partial charge in [0.25, 0.3) is 5.91 Å². The first-order chi connectivity index (χ1) is 13.0. The van der Waals surface area contributed by atoms with Crippen molar-refractivity contribution < 1.29 is 18.8 Å². The van der Waals surface area contributed by atoms with Gasteiger partial charge in [0.05, 0.1) is 20.3 Å². The summed E-state index contributed by atoms with van der Waals surface area (Å²) in [6.45, 7) is 3.62. The molecule has 1 atom stereocenters. The fourth-order valence-electron chi connectivity index (χ4n) is 2.96. The molecule has 0 saturated carbocycles. The summed E-state index contributed by atoms with van der Waals surface area (Å²) < 4.78 is 16.0. The summed E-state index contributed by atoms with van der Waals surface area (Å²) in [6.07, 6.45) is 0. The molecule has 1 amide bonds. The predicted octanol–water partition coefficient (Wildman–Crippen LogP) is 4.16. The average molecular weight is 366 g/mol. The second kappa shape index (κ2) is 7.95. The molecule has 0 fully saturated rings. The van der Waals surface area contributed by atoms with Crippen molar-refractivity contribution in [2.45, 2.75) is 19.9 Å². The van der Waals surface area contributed by atoms with Crippen molar-refractivity contribution in [1.29, 1.82) is 0 Å². The van der Waals surface area contributed by atoms with Gasteiger partial charge in [-0.1, -0.05) is 35.5 Å². The fraction of sp³-hybridized carbons (Fsp3) is 0.238. The summed E-state index contributed by atoms with van der Waals surface area (Å²) in [7, 11) is 3.19. The molecule has 1 heterocycles. The molecule has 3 rings (SSSR count). The van der Waals surface area contributed by atoms with Gasteiger partial charge in [-0.2, -0.15) is 0 Å². The zero-order valence-electron chi connectivity index (χ0n) is 15.8. The second-order valence-electron chi connectivity index (χ2n) is 6.13. The van der Waals surface area contributed by atoms with Crippen LogP contribution in [0.2, 0.25) is 0 Å². The minimum Gasteiger partial charge on any atom is -0.497 e. The summed E-state index contributed by atoms with van der Waals surface area (Å²) in [5.74, 6) is 1.58. The van der Waals surface area contributed by atoms with E-state index in [-0.39, 0.29) is 11.9 Å². The molecule has 0 unspecified atom stereocenters. The highest BCUT2D eigenvalue weighted by Gasteiger charge is 2.24. The Bertz CT molecular complexity index is 935. The molecule has 0 aliphatic rings. The first kappa shape index (κ1) is 18.5. The first-order valence-corrected chi connectivity index (χ1v) is 8.59. The van der Waals surface area contributed by atoms with Gasteiger partial charge in [-0.15, -0.1) is 0 Å². The minimum absolute atomic E-state index is 0.259. The first-order valence-electron chi connectivity index (χ1n) is 8.59. The van der Waals surface area contributed by atoms with Gasteiger partial charge in [-0.05, 0) is 32.0 Å². The van der Waals surface area contributed by atoms with Gasteiger partial charge in [0.15, 0.2) is 0 Å². The Morgan fingerprint density at radius 3 is 2.52 bits per heavy atom. The molecule has 6 nitrogen and oxygen atoms in total. The number of carbonyl (C=O) groups is 1. The van der Waals surface area contributed by atoms with Gasteiger partial charge >= 0.3 is 0 Å². The highest BCUT2D eigenvalue weighted by atomic mass is 16.5. The van der Waals surface area contributed by atoms with E-state index in [2.05, 4.69) is 10.5 Å². The van der Waals surface area contributed by atoms with Crippen molar-refractivity contribution in [3.8, 4) is 22.8 Å². The zero-order valence-corrected chi connectivity index (χ0v) is 15.8. The molecular weight excluding hydrogens is 344 g/mol. The molecule has 1 aromatic heterocycles. The normalized spacial score (nSPS) is 11.7. The third-order valence-electron chi connectivity index (χ3n) is 4.39. The number of nitrogens with one attached hydrogen (secondary N) is 1. The summed E-state index contributed by atoms with van der Waals surface area (Å²) >= 11 is 0. The van der Waals surface area contributed by atoms with Crippen molar-refractivity contribution in [3.63, 3.8) is 0 Å². The van der Waals surface area contributed by atoms with Crippen molar-refractivity contribution in [2.75, 3.05) is 14.2 Å². The molecule has 2 aromatic carbocycles. The van der Waals surface area contributed by atoms with E-state index < -0.39 is 0 Å². The van der Waals surface area contributed by atoms with Crippen LogP contribution in [0.3, 0.4) is 0 Å². The van der Waals surface area contributed by atoms with E-state index in [0.717, 1.165) is 11.1 Å². The number of nitrogens with zero attached hydrogens (tertiary/aromatic N) is 1. The molecular formula is C21H22N2O4. The average Bonchev–Trinajstić information content (AvgIpc) is 3.09. The Balaban J connectivity index is 1.90. The molecule has 0 aliphatic carbocycles. The number of methoxy groups -OCH3 is 2. The molecule has 140 valence electrons. The predicted molar refractivity (Wildman–Crippen MR) is 102 cm³/mol. The maximum absolute atomic E-state index is 13.0. The van der Waals surface area contributed by atoms with Crippen LogP contribution in [0.15, 0.2) is 53.1 Å². The highest BCUT2D eigenvalue weighted by molar-refractivity contribution is 6.01. The highest BCUT2D eigenvalue weighted by Crippen LogP contribution is 2.30. The number of hydrogen-bond acceptors (Lipinski definition) is 5. The van der Waals surface area contributed by atoms with Crippen LogP contribution in [0.25, 0.3) is 11.3 Å². The van der Waals surface area contributed by atoms with Crippen molar-refractivity contribution >= 4 is 5.91 Å². The van der Waals surface area contributed by atoms with E-state index in [0.29, 0.717) is 28.5 Å². The van der Waals surface area contributed by atoms with Crippen LogP contribution in [0.5, 0.6) is 11.5 Å². The van der Waals surface area contributed by atoms with Crippen LogP contribution in [-0.4, -0.2) is 25.3 Å². The lowest BCUT2D eigenvalue weighted by molar-refractivity contribution is 0.0938. The smallest absolute Gasteiger partial charge is 0.257 e. The minimum atomic E-state index is -0.305. The van der Waals surface area contributed by atoms with Crippen molar-refractivity contribution in [1.82, 2.24) is 10.5 Å². The van der Waals surface area contributed by atoms with E-state index in [1.807, 2.05) is 55.5 Å². The number of rotatable bonds is 6. The Morgan fingerprint density at radius 1 is 1.11 bits per heavy atom. The zero-order chi connectivity index (χ0) is 19.4. The lowest BCUT2D eigenvalue weighted by atomic mass is 10.0. The maximum atomic E-state index is 13.0. The second-order valence-corrected chi connectivity index (χ2v) is 6.13. The molecule has 0 bridgehead atoms. The Kier molecular flexibility index (Phi) is 5.45. The van der Waals surface area contributed by atoms with Crippen LogP contribution in [-0.2, 0) is 0 Å². The number of hydrogen-bond donors (Lipinski definition) is 1. The molecule has 27 heavy (non-hydrogen) atoms. The molecule has 1 N–H and O–H groups in total. The molecule has 6 heteroatoms. The van der Waals surface area contributed by atoms with Gasteiger partial charge in [0, 0.05) is 11.1 Å². The SMILES string of the molecule is COc1ccc(OC)c([C@H](C)NC(=O)c2c(-c3ccccc3)noc2C)c1. The number of ether oxygens (including phenoxy) is 2. The Hall–Kier alpha value is -3.28. The third-order valence-corrected chi connectivity index (χ3v) is 4.39.